The largest absolute Gasteiger partial charge is 0.310 e. The molecule has 0 aliphatic heterocycles. The molecule has 0 unspecified atom stereocenters. The molecule has 7 aromatic carbocycles. The van der Waals surface area contributed by atoms with Gasteiger partial charge in [-0.15, -0.1) is 0 Å². The molecule has 0 heterocycles. The molecule has 0 saturated heterocycles. The zero-order valence-electron chi connectivity index (χ0n) is 37.7. The van der Waals surface area contributed by atoms with Crippen LogP contribution in [-0.2, 0) is 27.1 Å². The lowest BCUT2D eigenvalue weighted by atomic mass is 9.76. The Labute approximate surface area is 359 Å². The van der Waals surface area contributed by atoms with Gasteiger partial charge in [0.05, 0.1) is 5.69 Å². The number of hydrogen-bond donors (Lipinski definition) is 0. The van der Waals surface area contributed by atoms with Crippen LogP contribution in [0.25, 0.3) is 44.5 Å². The van der Waals surface area contributed by atoms with Crippen LogP contribution >= 0.6 is 0 Å². The van der Waals surface area contributed by atoms with Crippen molar-refractivity contribution in [3.05, 3.63) is 184 Å². The van der Waals surface area contributed by atoms with E-state index in [0.29, 0.717) is 0 Å². The predicted molar refractivity (Wildman–Crippen MR) is 257 cm³/mol. The molecule has 0 aromatic heterocycles. The van der Waals surface area contributed by atoms with Crippen LogP contribution in [0.5, 0.6) is 0 Å². The average Bonchev–Trinajstić information content (AvgIpc) is 3.69. The molecule has 10 rings (SSSR count). The van der Waals surface area contributed by atoms with Gasteiger partial charge in [0.1, 0.15) is 0 Å². The van der Waals surface area contributed by atoms with E-state index >= 15 is 0 Å². The Morgan fingerprint density at radius 2 is 0.750 bits per heavy atom. The SMILES string of the molecule is CC(C)(C)c1ccc2c(c1)C(C)(C)c1cc(C(C)(C)C)cc(-c3ccccc3N(c3ccc4c(c3)C(C)(C)c3ccccc3-4)c3ccc4c(c3)C(C)(C)c3ccccc3-4)c1-2. The normalized spacial score (nSPS) is 16.1. The molecule has 0 bridgehead atoms. The van der Waals surface area contributed by atoms with Crippen LogP contribution in [0.2, 0.25) is 0 Å². The highest BCUT2D eigenvalue weighted by atomic mass is 15.1. The molecule has 0 spiro atoms. The van der Waals surface area contributed by atoms with Gasteiger partial charge >= 0.3 is 0 Å². The minimum absolute atomic E-state index is 0.0407. The summed E-state index contributed by atoms with van der Waals surface area (Å²) in [4.78, 5) is 2.56. The molecule has 0 radical (unpaired) electrons. The summed E-state index contributed by atoms with van der Waals surface area (Å²) in [5.41, 5.74) is 24.9. The fourth-order valence-corrected chi connectivity index (χ4v) is 10.9. The van der Waals surface area contributed by atoms with E-state index in [1.807, 2.05) is 0 Å². The third-order valence-corrected chi connectivity index (χ3v) is 14.6. The molecule has 300 valence electrons. The van der Waals surface area contributed by atoms with E-state index in [2.05, 4.69) is 228 Å². The van der Waals surface area contributed by atoms with Crippen molar-refractivity contribution in [1.29, 1.82) is 0 Å². The van der Waals surface area contributed by atoms with Gasteiger partial charge < -0.3 is 4.90 Å². The molecule has 1 nitrogen and oxygen atoms in total. The quantitative estimate of drug-likeness (QED) is 0.172. The topological polar surface area (TPSA) is 3.24 Å². The van der Waals surface area contributed by atoms with Gasteiger partial charge in [-0.3, -0.25) is 0 Å². The molecular weight excluding hydrogens is 723 g/mol. The van der Waals surface area contributed by atoms with E-state index in [1.165, 1.54) is 106 Å². The number of hydrogen-bond acceptors (Lipinski definition) is 1. The van der Waals surface area contributed by atoms with E-state index in [4.69, 9.17) is 0 Å². The summed E-state index contributed by atoms with van der Waals surface area (Å²) in [6.07, 6.45) is 0. The molecule has 0 fully saturated rings. The maximum atomic E-state index is 2.56. The Bertz CT molecular complexity index is 2810. The Kier molecular flexibility index (Phi) is 8.15. The molecule has 3 aliphatic rings. The number of benzene rings is 7. The van der Waals surface area contributed by atoms with Crippen LogP contribution in [-0.4, -0.2) is 0 Å². The summed E-state index contributed by atoms with van der Waals surface area (Å²) in [6.45, 7) is 28.5. The first-order valence-electron chi connectivity index (χ1n) is 22.0. The number of fused-ring (bicyclic) bond motifs is 9. The molecular formula is C59H59N. The first-order valence-corrected chi connectivity index (χ1v) is 22.0. The highest BCUT2D eigenvalue weighted by Gasteiger charge is 2.41. The van der Waals surface area contributed by atoms with Crippen LogP contribution in [0.15, 0.2) is 140 Å². The van der Waals surface area contributed by atoms with Gasteiger partial charge in [0.25, 0.3) is 0 Å². The lowest BCUT2D eigenvalue weighted by Crippen LogP contribution is -2.19. The van der Waals surface area contributed by atoms with Crippen molar-refractivity contribution in [2.45, 2.75) is 110 Å². The zero-order chi connectivity index (χ0) is 42.3. The molecule has 0 atom stereocenters. The number of rotatable bonds is 4. The van der Waals surface area contributed by atoms with E-state index in [1.54, 1.807) is 0 Å². The average molecular weight is 782 g/mol. The van der Waals surface area contributed by atoms with E-state index in [9.17, 15) is 0 Å². The van der Waals surface area contributed by atoms with E-state index in [-0.39, 0.29) is 27.1 Å². The van der Waals surface area contributed by atoms with Gasteiger partial charge in [-0.1, -0.05) is 186 Å². The summed E-state index contributed by atoms with van der Waals surface area (Å²) in [6, 6.07) is 54.0. The number of para-hydroxylation sites is 1. The molecule has 1 heteroatoms. The molecule has 7 aromatic rings. The fourth-order valence-electron chi connectivity index (χ4n) is 10.9. The molecule has 0 saturated carbocycles. The van der Waals surface area contributed by atoms with Gasteiger partial charge in [-0.05, 0) is 131 Å². The lowest BCUT2D eigenvalue weighted by molar-refractivity contribution is 0.580. The van der Waals surface area contributed by atoms with Crippen LogP contribution in [0, 0.1) is 0 Å². The number of nitrogens with zero attached hydrogens (tertiary/aromatic N) is 1. The van der Waals surface area contributed by atoms with Crippen molar-refractivity contribution in [2.24, 2.45) is 0 Å². The summed E-state index contributed by atoms with van der Waals surface area (Å²) in [7, 11) is 0. The van der Waals surface area contributed by atoms with Crippen LogP contribution in [0.4, 0.5) is 17.1 Å². The lowest BCUT2D eigenvalue weighted by Gasteiger charge is -2.32. The van der Waals surface area contributed by atoms with Crippen LogP contribution in [0.3, 0.4) is 0 Å². The number of anilines is 3. The van der Waals surface area contributed by atoms with Crippen molar-refractivity contribution in [3.8, 4) is 44.5 Å². The fraction of sp³-hybridized carbons (Fsp3) is 0.288. The predicted octanol–water partition coefficient (Wildman–Crippen LogP) is 16.3. The van der Waals surface area contributed by atoms with E-state index < -0.39 is 0 Å². The smallest absolute Gasteiger partial charge is 0.0540 e. The molecule has 60 heavy (non-hydrogen) atoms. The first-order chi connectivity index (χ1) is 28.3. The summed E-state index contributed by atoms with van der Waals surface area (Å²) in [5.74, 6) is 0. The monoisotopic (exact) mass is 781 g/mol. The Morgan fingerprint density at radius 1 is 0.333 bits per heavy atom. The summed E-state index contributed by atoms with van der Waals surface area (Å²) in [5, 5.41) is 0. The highest BCUT2D eigenvalue weighted by Crippen LogP contribution is 2.57. The van der Waals surface area contributed by atoms with Crippen LogP contribution < -0.4 is 4.90 Å². The van der Waals surface area contributed by atoms with Crippen molar-refractivity contribution in [2.75, 3.05) is 4.90 Å². The maximum Gasteiger partial charge on any atom is 0.0540 e. The summed E-state index contributed by atoms with van der Waals surface area (Å²) < 4.78 is 0. The van der Waals surface area contributed by atoms with Gasteiger partial charge in [0.2, 0.25) is 0 Å². The van der Waals surface area contributed by atoms with E-state index in [0.717, 1.165) is 0 Å². The third kappa shape index (κ3) is 5.50. The van der Waals surface area contributed by atoms with Gasteiger partial charge in [-0.2, -0.15) is 0 Å². The molecule has 3 aliphatic carbocycles. The van der Waals surface area contributed by atoms with Crippen molar-refractivity contribution in [3.63, 3.8) is 0 Å². The van der Waals surface area contributed by atoms with Crippen LogP contribution in [0.1, 0.15) is 128 Å². The minimum Gasteiger partial charge on any atom is -0.310 e. The van der Waals surface area contributed by atoms with Crippen molar-refractivity contribution >= 4 is 17.1 Å². The minimum atomic E-state index is -0.155. The van der Waals surface area contributed by atoms with Gasteiger partial charge in [0, 0.05) is 33.2 Å². The molecule has 0 N–H and O–H groups in total. The Balaban J connectivity index is 1.25. The highest BCUT2D eigenvalue weighted by molar-refractivity contribution is 5.99. The van der Waals surface area contributed by atoms with Gasteiger partial charge in [-0.25, -0.2) is 0 Å². The standard InChI is InChI=1S/C59H59N/c1-55(2,3)36-25-28-45-49(32-36)59(11,12)52-33-37(56(4,5)6)31-46(54(45)52)44-21-15-18-24-53(44)60(38-26-29-42-40-19-13-16-22-47(40)57(7,8)50(42)34-38)39-27-30-43-41-20-14-17-23-48(41)58(9,10)51(43)35-39/h13-35H,1-12H3. The zero-order valence-corrected chi connectivity index (χ0v) is 37.7. The second-order valence-corrected chi connectivity index (χ2v) is 21.5. The third-order valence-electron chi connectivity index (χ3n) is 14.6. The summed E-state index contributed by atoms with van der Waals surface area (Å²) >= 11 is 0. The first kappa shape index (κ1) is 38.5. The Hall–Kier alpha value is -5.66. The Morgan fingerprint density at radius 3 is 1.28 bits per heavy atom. The van der Waals surface area contributed by atoms with Crippen molar-refractivity contribution in [1.82, 2.24) is 0 Å². The second kappa shape index (κ2) is 12.7. The second-order valence-electron chi connectivity index (χ2n) is 21.5. The molecule has 0 amide bonds. The van der Waals surface area contributed by atoms with Gasteiger partial charge in [0.15, 0.2) is 0 Å². The maximum absolute atomic E-state index is 2.56. The van der Waals surface area contributed by atoms with Crippen molar-refractivity contribution < 1.29 is 0 Å².